The van der Waals surface area contributed by atoms with Gasteiger partial charge < -0.3 is 25.7 Å². The third kappa shape index (κ3) is 8.89. The number of rotatable bonds is 14. The van der Waals surface area contributed by atoms with Crippen LogP contribution in [-0.4, -0.2) is 25.8 Å². The second-order valence-electron chi connectivity index (χ2n) is 8.54. The number of hydrogen-bond donors (Lipinski definition) is 2. The number of benzene rings is 3. The second-order valence-corrected chi connectivity index (χ2v) is 8.54. The van der Waals surface area contributed by atoms with Crippen molar-refractivity contribution in [3.8, 4) is 22.6 Å². The summed E-state index contributed by atoms with van der Waals surface area (Å²) < 4.78 is 16.9. The minimum absolute atomic E-state index is 0.377. The van der Waals surface area contributed by atoms with Crippen LogP contribution in [0.5, 0.6) is 11.5 Å². The molecule has 0 atom stereocenters. The highest BCUT2D eigenvalue weighted by Gasteiger charge is 2.08. The number of esters is 1. The van der Waals surface area contributed by atoms with Crippen molar-refractivity contribution >= 4 is 17.3 Å². The highest BCUT2D eigenvalue weighted by Crippen LogP contribution is 2.25. The lowest BCUT2D eigenvalue weighted by Gasteiger charge is -2.09. The van der Waals surface area contributed by atoms with Crippen molar-refractivity contribution in [2.45, 2.75) is 45.4 Å². The van der Waals surface area contributed by atoms with Crippen LogP contribution in [0, 0.1) is 0 Å². The molecule has 0 radical (unpaired) electrons. The average molecular weight is 477 g/mol. The molecule has 35 heavy (non-hydrogen) atoms. The minimum Gasteiger partial charge on any atom is -0.494 e. The summed E-state index contributed by atoms with van der Waals surface area (Å²) in [5.41, 5.74) is 15.0. The van der Waals surface area contributed by atoms with Crippen molar-refractivity contribution < 1.29 is 19.0 Å². The number of nitrogens with two attached hydrogens (primary N) is 2. The summed E-state index contributed by atoms with van der Waals surface area (Å²) in [6.07, 6.45) is 5.92. The van der Waals surface area contributed by atoms with E-state index in [4.69, 9.17) is 25.7 Å². The number of carbonyl (C=O) groups excluding carboxylic acids is 1. The zero-order valence-corrected chi connectivity index (χ0v) is 20.5. The largest absolute Gasteiger partial charge is 0.494 e. The highest BCUT2D eigenvalue weighted by atomic mass is 16.5. The van der Waals surface area contributed by atoms with E-state index in [1.54, 1.807) is 18.2 Å². The van der Waals surface area contributed by atoms with E-state index in [-0.39, 0.29) is 0 Å². The first-order valence-electron chi connectivity index (χ1n) is 12.3. The van der Waals surface area contributed by atoms with Crippen LogP contribution in [0.15, 0.2) is 66.7 Å². The molecular weight excluding hydrogens is 440 g/mol. The van der Waals surface area contributed by atoms with Gasteiger partial charge in [0.1, 0.15) is 11.5 Å². The summed E-state index contributed by atoms with van der Waals surface area (Å²) in [7, 11) is 0. The molecule has 0 saturated heterocycles. The first-order valence-corrected chi connectivity index (χ1v) is 12.3. The third-order valence-electron chi connectivity index (χ3n) is 5.56. The lowest BCUT2D eigenvalue weighted by atomic mass is 10.1. The molecule has 0 aliphatic heterocycles. The Morgan fingerprint density at radius 3 is 1.66 bits per heavy atom. The van der Waals surface area contributed by atoms with Crippen molar-refractivity contribution in [2.75, 3.05) is 31.3 Å². The first-order chi connectivity index (χ1) is 17.0. The maximum atomic E-state index is 12.1. The zero-order chi connectivity index (χ0) is 24.9. The maximum absolute atomic E-state index is 12.1. The molecule has 0 saturated carbocycles. The molecule has 3 aromatic rings. The maximum Gasteiger partial charge on any atom is 0.338 e. The Kier molecular flexibility index (Phi) is 10.3. The smallest absolute Gasteiger partial charge is 0.338 e. The molecule has 0 fully saturated rings. The number of unbranched alkanes of at least 4 members (excludes halogenated alkanes) is 4. The summed E-state index contributed by atoms with van der Waals surface area (Å²) in [4.78, 5) is 12.1. The topological polar surface area (TPSA) is 96.8 Å². The lowest BCUT2D eigenvalue weighted by Crippen LogP contribution is -2.08. The fraction of sp³-hybridized carbons (Fsp3) is 0.345. The second kappa shape index (κ2) is 13.9. The number of hydrogen-bond acceptors (Lipinski definition) is 6. The Hall–Kier alpha value is -3.67. The monoisotopic (exact) mass is 476 g/mol. The van der Waals surface area contributed by atoms with Gasteiger partial charge in [-0.3, -0.25) is 0 Å². The van der Waals surface area contributed by atoms with Crippen LogP contribution in [0.2, 0.25) is 0 Å². The van der Waals surface area contributed by atoms with E-state index < -0.39 is 5.97 Å². The van der Waals surface area contributed by atoms with Crippen molar-refractivity contribution in [3.05, 3.63) is 72.3 Å². The standard InChI is InChI=1S/C29H36N2O4/c1-2-3-16-33-27-12-8-22(9-13-27)23-10-14-28(15-11-23)34-17-6-4-5-7-18-35-29(32)24-19-25(30)21-26(31)20-24/h8-15,19-21H,2-7,16-18,30-31H2,1H3. The molecule has 0 heterocycles. The number of nitrogen functional groups attached to an aromatic ring is 2. The molecule has 6 nitrogen and oxygen atoms in total. The molecule has 0 aromatic heterocycles. The Balaban J connectivity index is 1.29. The average Bonchev–Trinajstić information content (AvgIpc) is 2.86. The van der Waals surface area contributed by atoms with Crippen molar-refractivity contribution in [1.29, 1.82) is 0 Å². The van der Waals surface area contributed by atoms with Gasteiger partial charge in [-0.2, -0.15) is 0 Å². The van der Waals surface area contributed by atoms with E-state index >= 15 is 0 Å². The van der Waals surface area contributed by atoms with Gasteiger partial charge in [-0.05, 0) is 85.7 Å². The van der Waals surface area contributed by atoms with Gasteiger partial charge in [-0.15, -0.1) is 0 Å². The van der Waals surface area contributed by atoms with E-state index in [1.807, 2.05) is 24.3 Å². The quantitative estimate of drug-likeness (QED) is 0.157. The first kappa shape index (κ1) is 25.9. The van der Waals surface area contributed by atoms with Crippen molar-refractivity contribution in [2.24, 2.45) is 0 Å². The summed E-state index contributed by atoms with van der Waals surface area (Å²) in [5, 5.41) is 0. The van der Waals surface area contributed by atoms with Gasteiger partial charge in [0, 0.05) is 11.4 Å². The normalized spacial score (nSPS) is 10.7. The van der Waals surface area contributed by atoms with Crippen LogP contribution in [0.1, 0.15) is 55.8 Å². The molecule has 0 amide bonds. The van der Waals surface area contributed by atoms with E-state index in [0.29, 0.717) is 30.2 Å². The summed E-state index contributed by atoms with van der Waals surface area (Å²) in [5.74, 6) is 1.38. The zero-order valence-electron chi connectivity index (χ0n) is 20.5. The molecular formula is C29H36N2O4. The lowest BCUT2D eigenvalue weighted by molar-refractivity contribution is 0.0497. The van der Waals surface area contributed by atoms with Gasteiger partial charge in [0.2, 0.25) is 0 Å². The number of ether oxygens (including phenoxy) is 3. The molecule has 0 bridgehead atoms. The van der Waals surface area contributed by atoms with E-state index in [1.165, 1.54) is 0 Å². The molecule has 6 heteroatoms. The molecule has 0 unspecified atom stereocenters. The predicted molar refractivity (Wildman–Crippen MR) is 142 cm³/mol. The van der Waals surface area contributed by atoms with Crippen LogP contribution in [0.25, 0.3) is 11.1 Å². The van der Waals surface area contributed by atoms with Gasteiger partial charge in [-0.25, -0.2) is 4.79 Å². The molecule has 4 N–H and O–H groups in total. The summed E-state index contributed by atoms with van der Waals surface area (Å²) in [6, 6.07) is 21.1. The van der Waals surface area contributed by atoms with Crippen LogP contribution >= 0.6 is 0 Å². The molecule has 0 aliphatic carbocycles. The third-order valence-corrected chi connectivity index (χ3v) is 5.56. The summed E-state index contributed by atoms with van der Waals surface area (Å²) in [6.45, 7) is 3.95. The van der Waals surface area contributed by atoms with Gasteiger partial charge in [0.25, 0.3) is 0 Å². The SMILES string of the molecule is CCCCOc1ccc(-c2ccc(OCCCCCCOC(=O)c3cc(N)cc(N)c3)cc2)cc1. The number of anilines is 2. The van der Waals surface area contributed by atoms with Crippen LogP contribution in [0.3, 0.4) is 0 Å². The Bertz CT molecular complexity index is 1030. The fourth-order valence-corrected chi connectivity index (χ4v) is 3.61. The van der Waals surface area contributed by atoms with Gasteiger partial charge >= 0.3 is 5.97 Å². The molecule has 0 aliphatic rings. The molecule has 186 valence electrons. The fourth-order valence-electron chi connectivity index (χ4n) is 3.61. The van der Waals surface area contributed by atoms with Crippen LogP contribution < -0.4 is 20.9 Å². The Morgan fingerprint density at radius 1 is 0.657 bits per heavy atom. The van der Waals surface area contributed by atoms with Crippen LogP contribution in [0.4, 0.5) is 11.4 Å². The van der Waals surface area contributed by atoms with E-state index in [9.17, 15) is 4.79 Å². The molecule has 3 rings (SSSR count). The highest BCUT2D eigenvalue weighted by molar-refractivity contribution is 5.91. The van der Waals surface area contributed by atoms with E-state index in [2.05, 4.69) is 31.2 Å². The predicted octanol–water partition coefficient (Wildman–Crippen LogP) is 6.49. The van der Waals surface area contributed by atoms with Crippen LogP contribution in [-0.2, 0) is 4.74 Å². The number of carbonyl (C=O) groups is 1. The Labute approximate surface area is 208 Å². The van der Waals surface area contributed by atoms with Gasteiger partial charge in [0.05, 0.1) is 25.4 Å². The molecule has 0 spiro atoms. The van der Waals surface area contributed by atoms with E-state index in [0.717, 1.165) is 67.8 Å². The van der Waals surface area contributed by atoms with Crippen molar-refractivity contribution in [1.82, 2.24) is 0 Å². The van der Waals surface area contributed by atoms with Crippen molar-refractivity contribution in [3.63, 3.8) is 0 Å². The van der Waals surface area contributed by atoms with Gasteiger partial charge in [-0.1, -0.05) is 37.6 Å². The molecule has 3 aromatic carbocycles. The summed E-state index contributed by atoms with van der Waals surface area (Å²) >= 11 is 0. The minimum atomic E-state index is -0.396. The van der Waals surface area contributed by atoms with Gasteiger partial charge in [0.15, 0.2) is 0 Å². The Morgan fingerprint density at radius 2 is 1.14 bits per heavy atom.